The molecule has 0 aliphatic carbocycles. The lowest BCUT2D eigenvalue weighted by Crippen LogP contribution is -2.28. The summed E-state index contributed by atoms with van der Waals surface area (Å²) in [7, 11) is 0. The Morgan fingerprint density at radius 2 is 1.57 bits per heavy atom. The molecule has 0 bridgehead atoms. The Bertz CT molecular complexity index is 1170. The van der Waals surface area contributed by atoms with Gasteiger partial charge < -0.3 is 14.2 Å². The number of carbonyl (C=O) groups excluding carboxylic acids is 1. The van der Waals surface area contributed by atoms with E-state index in [9.17, 15) is 14.9 Å². The number of nitro benzene ring substituents is 1. The van der Waals surface area contributed by atoms with Crippen LogP contribution in [0.15, 0.2) is 96.3 Å². The van der Waals surface area contributed by atoms with Gasteiger partial charge in [-0.05, 0) is 37.1 Å². The van der Waals surface area contributed by atoms with Crippen LogP contribution in [0, 0.1) is 10.1 Å². The molecule has 1 aliphatic heterocycles. The second-order valence-electron chi connectivity index (χ2n) is 8.35. The molecule has 1 aliphatic rings. The first kappa shape index (κ1) is 24.2. The fourth-order valence-corrected chi connectivity index (χ4v) is 4.45. The molecule has 3 aromatic carbocycles. The molecule has 1 atom stereocenters. The molecule has 0 radical (unpaired) electrons. The Labute approximate surface area is 204 Å². The lowest BCUT2D eigenvalue weighted by molar-refractivity contribution is -0.384. The highest BCUT2D eigenvalue weighted by molar-refractivity contribution is 5.92. The third-order valence-corrected chi connectivity index (χ3v) is 6.21. The highest BCUT2D eigenvalue weighted by Crippen LogP contribution is 2.45. The minimum atomic E-state index is -0.605. The van der Waals surface area contributed by atoms with Crippen LogP contribution in [0.3, 0.4) is 0 Å². The van der Waals surface area contributed by atoms with Crippen LogP contribution in [-0.2, 0) is 19.7 Å². The molecule has 3 aromatic rings. The predicted molar refractivity (Wildman–Crippen MR) is 131 cm³/mol. The van der Waals surface area contributed by atoms with Gasteiger partial charge in [0.15, 0.2) is 0 Å². The van der Waals surface area contributed by atoms with E-state index in [-0.39, 0.29) is 11.4 Å². The number of nitro groups is 1. The molecule has 0 saturated carbocycles. The van der Waals surface area contributed by atoms with Crippen molar-refractivity contribution in [1.82, 2.24) is 0 Å². The van der Waals surface area contributed by atoms with Gasteiger partial charge in [-0.1, -0.05) is 60.7 Å². The number of hydrogen-bond acceptors (Lipinski definition) is 6. The maximum absolute atomic E-state index is 13.3. The third kappa shape index (κ3) is 5.10. The number of hydrogen-bond donors (Lipinski definition) is 0. The Morgan fingerprint density at radius 1 is 1.00 bits per heavy atom. The second kappa shape index (κ2) is 10.5. The lowest BCUT2D eigenvalue weighted by atomic mass is 9.73. The molecule has 7 heteroatoms. The zero-order valence-corrected chi connectivity index (χ0v) is 19.7. The van der Waals surface area contributed by atoms with Gasteiger partial charge >= 0.3 is 5.97 Å². The van der Waals surface area contributed by atoms with Crippen molar-refractivity contribution in [3.63, 3.8) is 0 Å². The topological polar surface area (TPSA) is 87.9 Å². The quantitative estimate of drug-likeness (QED) is 0.139. The average molecular weight is 474 g/mol. The minimum absolute atomic E-state index is 0.0827. The van der Waals surface area contributed by atoms with Crippen LogP contribution >= 0.6 is 0 Å². The third-order valence-electron chi connectivity index (χ3n) is 6.21. The highest BCUT2D eigenvalue weighted by Gasteiger charge is 2.44. The maximum Gasteiger partial charge on any atom is 0.345 e. The van der Waals surface area contributed by atoms with Crippen molar-refractivity contribution >= 4 is 11.7 Å². The number of non-ortho nitro benzene ring substituents is 1. The summed E-state index contributed by atoms with van der Waals surface area (Å²) >= 11 is 0. The van der Waals surface area contributed by atoms with Crippen molar-refractivity contribution in [3.05, 3.63) is 118 Å². The summed E-state index contributed by atoms with van der Waals surface area (Å²) in [6.45, 7) is 4.42. The van der Waals surface area contributed by atoms with Gasteiger partial charge in [-0.2, -0.15) is 0 Å². The molecule has 0 N–H and O–H groups in total. The number of allylic oxidation sites excluding steroid dienone is 1. The monoisotopic (exact) mass is 473 g/mol. The van der Waals surface area contributed by atoms with Crippen molar-refractivity contribution in [2.24, 2.45) is 0 Å². The number of nitrogens with zero attached hydrogens (tertiary/aromatic N) is 1. The molecule has 1 saturated heterocycles. The van der Waals surface area contributed by atoms with Gasteiger partial charge in [-0.3, -0.25) is 10.1 Å². The van der Waals surface area contributed by atoms with Crippen LogP contribution in [0.2, 0.25) is 0 Å². The van der Waals surface area contributed by atoms with Crippen LogP contribution in [0.4, 0.5) is 5.69 Å². The molecule has 35 heavy (non-hydrogen) atoms. The number of ether oxygens (including phenoxy) is 3. The minimum Gasteiger partial charge on any atom is -0.496 e. The van der Waals surface area contributed by atoms with E-state index in [2.05, 4.69) is 24.3 Å². The van der Waals surface area contributed by atoms with Gasteiger partial charge in [0.05, 0.1) is 16.4 Å². The number of benzene rings is 3. The van der Waals surface area contributed by atoms with E-state index in [1.54, 1.807) is 6.92 Å². The zero-order chi connectivity index (χ0) is 24.8. The van der Waals surface area contributed by atoms with Gasteiger partial charge in [-0.15, -0.1) is 0 Å². The lowest BCUT2D eigenvalue weighted by Gasteiger charge is -2.28. The summed E-state index contributed by atoms with van der Waals surface area (Å²) in [6.07, 6.45) is -0.105. The maximum atomic E-state index is 13.3. The Balaban J connectivity index is 1.72. The smallest absolute Gasteiger partial charge is 0.345 e. The van der Waals surface area contributed by atoms with E-state index in [0.717, 1.165) is 11.1 Å². The Morgan fingerprint density at radius 3 is 2.09 bits per heavy atom. The van der Waals surface area contributed by atoms with E-state index in [0.29, 0.717) is 31.0 Å². The molecule has 0 aromatic heterocycles. The molecule has 7 nitrogen and oxygen atoms in total. The first-order valence-corrected chi connectivity index (χ1v) is 11.5. The van der Waals surface area contributed by atoms with Crippen LogP contribution in [0.1, 0.15) is 31.4 Å². The van der Waals surface area contributed by atoms with Crippen LogP contribution in [0.25, 0.3) is 0 Å². The second-order valence-corrected chi connectivity index (χ2v) is 8.35. The summed E-state index contributed by atoms with van der Waals surface area (Å²) in [4.78, 5) is 23.8. The molecule has 0 amide bonds. The van der Waals surface area contributed by atoms with E-state index in [1.165, 1.54) is 24.3 Å². The molecule has 1 heterocycles. The molecular weight excluding hydrogens is 446 g/mol. The molecule has 180 valence electrons. The van der Waals surface area contributed by atoms with E-state index >= 15 is 0 Å². The van der Waals surface area contributed by atoms with Gasteiger partial charge in [0.1, 0.15) is 23.7 Å². The Hall–Kier alpha value is -3.97. The van der Waals surface area contributed by atoms with Crippen LogP contribution in [0.5, 0.6) is 5.75 Å². The summed E-state index contributed by atoms with van der Waals surface area (Å²) in [6, 6.07) is 25.6. The van der Waals surface area contributed by atoms with E-state index in [4.69, 9.17) is 14.2 Å². The Kier molecular flexibility index (Phi) is 7.27. The first-order valence-electron chi connectivity index (χ1n) is 11.5. The molecular formula is C28H27NO6. The number of esters is 1. The van der Waals surface area contributed by atoms with Gasteiger partial charge in [0.2, 0.25) is 0 Å². The van der Waals surface area contributed by atoms with E-state index in [1.807, 2.05) is 43.3 Å². The van der Waals surface area contributed by atoms with Crippen LogP contribution in [-0.4, -0.2) is 30.2 Å². The van der Waals surface area contributed by atoms with Gasteiger partial charge in [0, 0.05) is 25.2 Å². The highest BCUT2D eigenvalue weighted by atomic mass is 16.6. The summed E-state index contributed by atoms with van der Waals surface area (Å²) < 4.78 is 17.6. The average Bonchev–Trinajstić information content (AvgIpc) is 3.32. The summed E-state index contributed by atoms with van der Waals surface area (Å²) in [5.41, 5.74) is 1.93. The normalized spacial score (nSPS) is 16.7. The number of rotatable bonds is 8. The van der Waals surface area contributed by atoms with Crippen molar-refractivity contribution in [2.75, 3.05) is 13.2 Å². The van der Waals surface area contributed by atoms with Crippen molar-refractivity contribution in [3.8, 4) is 5.75 Å². The standard InChI is InChI=1S/C28H27NO6/c1-3-33-20(2)26(27(30)35-24-16-14-23(15-17-24)29(31)32)25-18-28(19-34-25,21-10-6-4-7-11-21)22-12-8-5-9-13-22/h4-17,20H,3,18-19H2,1-2H3/b26-25-. The van der Waals surface area contributed by atoms with Crippen molar-refractivity contribution < 1.29 is 23.9 Å². The summed E-state index contributed by atoms with van der Waals surface area (Å²) in [5.74, 6) is 0.120. The van der Waals surface area contributed by atoms with E-state index < -0.39 is 22.4 Å². The van der Waals surface area contributed by atoms with Gasteiger partial charge in [-0.25, -0.2) is 4.79 Å². The largest absolute Gasteiger partial charge is 0.496 e. The first-order chi connectivity index (χ1) is 16.9. The number of carbonyl (C=O) groups is 1. The molecule has 0 spiro atoms. The zero-order valence-electron chi connectivity index (χ0n) is 19.7. The van der Waals surface area contributed by atoms with Crippen LogP contribution < -0.4 is 4.74 Å². The fourth-order valence-electron chi connectivity index (χ4n) is 4.45. The fraction of sp³-hybridized carbons (Fsp3) is 0.250. The van der Waals surface area contributed by atoms with Gasteiger partial charge in [0.25, 0.3) is 5.69 Å². The predicted octanol–water partition coefficient (Wildman–Crippen LogP) is 5.59. The SMILES string of the molecule is CCOC(C)/C(C(=O)Oc1ccc([N+](=O)[O-])cc1)=C1\CC(c2ccccc2)(c2ccccc2)CO1. The molecule has 1 unspecified atom stereocenters. The summed E-state index contributed by atoms with van der Waals surface area (Å²) in [5, 5.41) is 10.9. The van der Waals surface area contributed by atoms with Crippen molar-refractivity contribution in [1.29, 1.82) is 0 Å². The van der Waals surface area contributed by atoms with Crippen molar-refractivity contribution in [2.45, 2.75) is 31.8 Å². The molecule has 1 fully saturated rings. The molecule has 4 rings (SSSR count).